The minimum absolute atomic E-state index is 0.171. The van der Waals surface area contributed by atoms with Crippen LogP contribution in [0.2, 0.25) is 0 Å². The van der Waals surface area contributed by atoms with E-state index in [1.807, 2.05) is 6.07 Å². The molecule has 0 fully saturated rings. The Balaban J connectivity index is 1.71. The molecule has 3 rings (SSSR count). The molecule has 1 aromatic carbocycles. The first-order valence-electron chi connectivity index (χ1n) is 7.98. The summed E-state index contributed by atoms with van der Waals surface area (Å²) < 4.78 is 7.71. The van der Waals surface area contributed by atoms with Gasteiger partial charge in [-0.2, -0.15) is 0 Å². The van der Waals surface area contributed by atoms with Crippen LogP contribution < -0.4 is 10.1 Å². The number of aryl methyl sites for hydroxylation is 2. The maximum atomic E-state index is 5.44. The lowest BCUT2D eigenvalue weighted by Crippen LogP contribution is -2.23. The van der Waals surface area contributed by atoms with Crippen LogP contribution in [0.1, 0.15) is 48.6 Å². The van der Waals surface area contributed by atoms with E-state index in [0.29, 0.717) is 0 Å². The molecule has 5 heteroatoms. The Morgan fingerprint density at radius 2 is 2.18 bits per heavy atom. The molecule has 1 aromatic heterocycles. The van der Waals surface area contributed by atoms with Crippen molar-refractivity contribution < 1.29 is 4.74 Å². The van der Waals surface area contributed by atoms with Crippen molar-refractivity contribution in [3.05, 3.63) is 41.0 Å². The van der Waals surface area contributed by atoms with Crippen molar-refractivity contribution in [3.8, 4) is 5.75 Å². The molecule has 0 amide bonds. The number of hydrogen-bond acceptors (Lipinski definition) is 4. The molecule has 5 nitrogen and oxygen atoms in total. The summed E-state index contributed by atoms with van der Waals surface area (Å²) in [4.78, 5) is 0. The number of benzene rings is 1. The lowest BCUT2D eigenvalue weighted by molar-refractivity contribution is 0.404. The third-order valence-corrected chi connectivity index (χ3v) is 4.31. The van der Waals surface area contributed by atoms with Gasteiger partial charge < -0.3 is 14.6 Å². The van der Waals surface area contributed by atoms with E-state index in [1.165, 1.54) is 24.0 Å². The molecule has 22 heavy (non-hydrogen) atoms. The van der Waals surface area contributed by atoms with Gasteiger partial charge in [-0.15, -0.1) is 10.2 Å². The summed E-state index contributed by atoms with van der Waals surface area (Å²) in [6.07, 6.45) is 3.49. The van der Waals surface area contributed by atoms with Crippen LogP contribution in [0.15, 0.2) is 18.2 Å². The molecule has 1 aliphatic rings. The standard InChI is InChI=1S/C17H24N4O/c1-12-7-8-15(22-3)14(10-12)11-18-13(2)17-20-19-16-6-4-5-9-21(16)17/h7-8,10,13,18H,4-6,9,11H2,1-3H3/t13-/m0/s1. The number of methoxy groups -OCH3 is 1. The highest BCUT2D eigenvalue weighted by Crippen LogP contribution is 2.22. The number of rotatable bonds is 5. The monoisotopic (exact) mass is 300 g/mol. The van der Waals surface area contributed by atoms with E-state index >= 15 is 0 Å². The van der Waals surface area contributed by atoms with Crippen molar-refractivity contribution >= 4 is 0 Å². The van der Waals surface area contributed by atoms with Crippen molar-refractivity contribution in [3.63, 3.8) is 0 Å². The summed E-state index contributed by atoms with van der Waals surface area (Å²) in [7, 11) is 1.71. The van der Waals surface area contributed by atoms with Crippen LogP contribution in [0.4, 0.5) is 0 Å². The molecule has 2 heterocycles. The van der Waals surface area contributed by atoms with Gasteiger partial charge >= 0.3 is 0 Å². The van der Waals surface area contributed by atoms with Crippen LogP contribution in [0.5, 0.6) is 5.75 Å². The highest BCUT2D eigenvalue weighted by atomic mass is 16.5. The van der Waals surface area contributed by atoms with Gasteiger partial charge in [0.2, 0.25) is 0 Å². The van der Waals surface area contributed by atoms with E-state index < -0.39 is 0 Å². The summed E-state index contributed by atoms with van der Waals surface area (Å²) in [5.74, 6) is 3.10. The zero-order valence-corrected chi connectivity index (χ0v) is 13.6. The number of nitrogens with one attached hydrogen (secondary N) is 1. The molecule has 118 valence electrons. The van der Waals surface area contributed by atoms with Crippen LogP contribution in [0, 0.1) is 6.92 Å². The summed E-state index contributed by atoms with van der Waals surface area (Å²) in [6.45, 7) is 6.04. The Bertz CT molecular complexity index is 650. The lowest BCUT2D eigenvalue weighted by Gasteiger charge is -2.19. The fraction of sp³-hybridized carbons (Fsp3) is 0.529. The van der Waals surface area contributed by atoms with E-state index in [-0.39, 0.29) is 6.04 Å². The van der Waals surface area contributed by atoms with Crippen molar-refractivity contribution in [2.75, 3.05) is 7.11 Å². The van der Waals surface area contributed by atoms with E-state index in [4.69, 9.17) is 4.74 Å². The maximum Gasteiger partial charge on any atom is 0.149 e. The molecular weight excluding hydrogens is 276 g/mol. The smallest absolute Gasteiger partial charge is 0.149 e. The second-order valence-corrected chi connectivity index (χ2v) is 6.00. The summed E-state index contributed by atoms with van der Waals surface area (Å²) in [5.41, 5.74) is 2.41. The van der Waals surface area contributed by atoms with Gasteiger partial charge in [0.1, 0.15) is 17.4 Å². The number of fused-ring (bicyclic) bond motifs is 1. The fourth-order valence-electron chi connectivity index (χ4n) is 3.05. The molecule has 1 atom stereocenters. The first-order valence-corrected chi connectivity index (χ1v) is 7.98. The molecule has 0 radical (unpaired) electrons. The fourth-order valence-corrected chi connectivity index (χ4v) is 3.05. The molecule has 2 aromatic rings. The highest BCUT2D eigenvalue weighted by Gasteiger charge is 2.19. The molecule has 0 saturated carbocycles. The third kappa shape index (κ3) is 2.99. The van der Waals surface area contributed by atoms with Gasteiger partial charge in [-0.3, -0.25) is 0 Å². The third-order valence-electron chi connectivity index (χ3n) is 4.31. The average Bonchev–Trinajstić information content (AvgIpc) is 2.97. The van der Waals surface area contributed by atoms with E-state index in [9.17, 15) is 0 Å². The van der Waals surface area contributed by atoms with Crippen LogP contribution in [-0.4, -0.2) is 21.9 Å². The Morgan fingerprint density at radius 1 is 1.32 bits per heavy atom. The first kappa shape index (κ1) is 15.0. The molecule has 1 aliphatic heterocycles. The van der Waals surface area contributed by atoms with Crippen molar-refractivity contribution in [1.29, 1.82) is 0 Å². The minimum Gasteiger partial charge on any atom is -0.496 e. The van der Waals surface area contributed by atoms with E-state index in [1.54, 1.807) is 7.11 Å². The van der Waals surface area contributed by atoms with Crippen LogP contribution >= 0.6 is 0 Å². The molecular formula is C17H24N4O. The number of ether oxygens (including phenoxy) is 1. The van der Waals surface area contributed by atoms with Gasteiger partial charge in [0.25, 0.3) is 0 Å². The maximum absolute atomic E-state index is 5.44. The van der Waals surface area contributed by atoms with E-state index in [2.05, 4.69) is 46.1 Å². The second kappa shape index (κ2) is 6.48. The van der Waals surface area contributed by atoms with Gasteiger partial charge in [0.15, 0.2) is 0 Å². The summed E-state index contributed by atoms with van der Waals surface area (Å²) in [6, 6.07) is 6.43. The molecule has 1 N–H and O–H groups in total. The van der Waals surface area contributed by atoms with Crippen LogP contribution in [0.25, 0.3) is 0 Å². The molecule has 0 unspecified atom stereocenters. The Morgan fingerprint density at radius 3 is 3.00 bits per heavy atom. The normalized spacial score (nSPS) is 15.4. The zero-order chi connectivity index (χ0) is 15.5. The number of hydrogen-bond donors (Lipinski definition) is 1. The SMILES string of the molecule is COc1ccc(C)cc1CN[C@@H](C)c1nnc2n1CCCC2. The lowest BCUT2D eigenvalue weighted by atomic mass is 10.1. The molecule has 0 bridgehead atoms. The van der Waals surface area contributed by atoms with Crippen LogP contribution in [0.3, 0.4) is 0 Å². The minimum atomic E-state index is 0.171. The van der Waals surface area contributed by atoms with Gasteiger partial charge in [-0.25, -0.2) is 0 Å². The van der Waals surface area contributed by atoms with Gasteiger partial charge in [-0.05, 0) is 32.8 Å². The van der Waals surface area contributed by atoms with Gasteiger partial charge in [0, 0.05) is 25.1 Å². The molecule has 0 aliphatic carbocycles. The highest BCUT2D eigenvalue weighted by molar-refractivity contribution is 5.36. The van der Waals surface area contributed by atoms with Gasteiger partial charge in [-0.1, -0.05) is 17.7 Å². The zero-order valence-electron chi connectivity index (χ0n) is 13.6. The van der Waals surface area contributed by atoms with Crippen molar-refractivity contribution in [2.24, 2.45) is 0 Å². The predicted octanol–water partition coefficient (Wildman–Crippen LogP) is 2.78. The summed E-state index contributed by atoms with van der Waals surface area (Å²) in [5, 5.41) is 12.3. The Kier molecular flexibility index (Phi) is 4.43. The van der Waals surface area contributed by atoms with Crippen molar-refractivity contribution in [2.45, 2.75) is 52.2 Å². The average molecular weight is 300 g/mol. The largest absolute Gasteiger partial charge is 0.496 e. The summed E-state index contributed by atoms with van der Waals surface area (Å²) >= 11 is 0. The number of nitrogens with zero attached hydrogens (tertiary/aromatic N) is 3. The number of aromatic nitrogens is 3. The first-order chi connectivity index (χ1) is 10.7. The quantitative estimate of drug-likeness (QED) is 0.922. The van der Waals surface area contributed by atoms with Crippen LogP contribution in [-0.2, 0) is 19.5 Å². The second-order valence-electron chi connectivity index (χ2n) is 6.00. The molecule has 0 saturated heterocycles. The van der Waals surface area contributed by atoms with Crippen molar-refractivity contribution in [1.82, 2.24) is 20.1 Å². The Hall–Kier alpha value is -1.88. The topological polar surface area (TPSA) is 52.0 Å². The molecule has 0 spiro atoms. The predicted molar refractivity (Wildman–Crippen MR) is 85.9 cm³/mol. The Labute approximate surface area is 131 Å². The van der Waals surface area contributed by atoms with Gasteiger partial charge in [0.05, 0.1) is 13.2 Å². The van der Waals surface area contributed by atoms with E-state index in [0.717, 1.165) is 36.9 Å².